The van der Waals surface area contributed by atoms with Crippen molar-refractivity contribution in [1.29, 1.82) is 0 Å². The number of hydrogen-bond donors (Lipinski definition) is 2. The summed E-state index contributed by atoms with van der Waals surface area (Å²) in [6.07, 6.45) is 1.14. The molecule has 0 bridgehead atoms. The van der Waals surface area contributed by atoms with Crippen molar-refractivity contribution in [3.63, 3.8) is 0 Å². The van der Waals surface area contributed by atoms with E-state index in [4.69, 9.17) is 4.74 Å². The monoisotopic (exact) mass is 329 g/mol. The Morgan fingerprint density at radius 2 is 2.24 bits per heavy atom. The molecule has 0 aromatic carbocycles. The molecule has 0 atom stereocenters. The fourth-order valence-electron chi connectivity index (χ4n) is 1.65. The highest BCUT2D eigenvalue weighted by molar-refractivity contribution is 7.89. The molecule has 0 radical (unpaired) electrons. The van der Waals surface area contributed by atoms with Crippen LogP contribution in [-0.2, 0) is 21.3 Å². The Morgan fingerprint density at radius 3 is 2.86 bits per heavy atom. The first-order valence-electron chi connectivity index (χ1n) is 6.19. The van der Waals surface area contributed by atoms with E-state index in [0.717, 1.165) is 16.0 Å². The lowest BCUT2D eigenvalue weighted by molar-refractivity contribution is 0.0522. The average molecular weight is 329 g/mol. The Balaban J connectivity index is 2.16. The van der Waals surface area contributed by atoms with Crippen LogP contribution in [0.5, 0.6) is 0 Å². The zero-order valence-corrected chi connectivity index (χ0v) is 13.2. The van der Waals surface area contributed by atoms with Crippen molar-refractivity contribution < 1.29 is 17.9 Å². The van der Waals surface area contributed by atoms with Crippen LogP contribution in [0.1, 0.15) is 27.0 Å². The van der Waals surface area contributed by atoms with Gasteiger partial charge in [-0.05, 0) is 26.0 Å². The smallest absolute Gasteiger partial charge is 0.342 e. The molecule has 0 spiro atoms. The zero-order chi connectivity index (χ0) is 15.5. The number of carbonyl (C=O) groups is 1. The molecule has 0 saturated heterocycles. The van der Waals surface area contributed by atoms with Gasteiger partial charge in [0.05, 0.1) is 12.8 Å². The molecule has 2 aromatic heterocycles. The number of nitrogens with zero attached hydrogens (tertiary/aromatic N) is 1. The number of H-pyrrole nitrogens is 1. The summed E-state index contributed by atoms with van der Waals surface area (Å²) in [5.74, 6) is -0.724. The van der Waals surface area contributed by atoms with Gasteiger partial charge in [0.15, 0.2) is 5.03 Å². The Hall–Kier alpha value is -1.71. The molecular weight excluding hydrogens is 314 g/mol. The number of rotatable bonds is 6. The minimum atomic E-state index is -3.86. The van der Waals surface area contributed by atoms with E-state index in [1.807, 2.05) is 19.1 Å². The molecule has 2 rings (SSSR count). The molecule has 2 N–H and O–H groups in total. The summed E-state index contributed by atoms with van der Waals surface area (Å²) in [5.41, 5.74) is -0.105. The highest BCUT2D eigenvalue weighted by atomic mass is 32.2. The van der Waals surface area contributed by atoms with Gasteiger partial charge in [-0.25, -0.2) is 17.9 Å². The average Bonchev–Trinajstić information content (AvgIpc) is 3.05. The largest absolute Gasteiger partial charge is 0.462 e. The molecule has 0 aliphatic rings. The number of aryl methyl sites for hydroxylation is 1. The lowest BCUT2D eigenvalue weighted by Gasteiger charge is -2.06. The third kappa shape index (κ3) is 3.69. The van der Waals surface area contributed by atoms with Crippen LogP contribution >= 0.6 is 11.3 Å². The predicted octanol–water partition coefficient (Wildman–Crippen LogP) is 1.43. The lowest BCUT2D eigenvalue weighted by Crippen LogP contribution is -2.25. The van der Waals surface area contributed by atoms with Crippen molar-refractivity contribution in [2.45, 2.75) is 25.4 Å². The number of nitrogens with one attached hydrogen (secondary N) is 2. The molecule has 0 amide bonds. The molecule has 2 aromatic rings. The maximum Gasteiger partial charge on any atom is 0.342 e. The van der Waals surface area contributed by atoms with Crippen LogP contribution in [0.25, 0.3) is 0 Å². The van der Waals surface area contributed by atoms with Crippen LogP contribution in [0.15, 0.2) is 23.4 Å². The Kier molecular flexibility index (Phi) is 4.76. The van der Waals surface area contributed by atoms with Gasteiger partial charge in [-0.15, -0.1) is 11.3 Å². The van der Waals surface area contributed by atoms with Gasteiger partial charge in [-0.3, -0.25) is 5.10 Å². The molecule has 9 heteroatoms. The topological polar surface area (TPSA) is 101 Å². The molecule has 0 fully saturated rings. The molecule has 0 aliphatic heterocycles. The second-order valence-electron chi connectivity index (χ2n) is 4.17. The summed E-state index contributed by atoms with van der Waals surface area (Å²) in [4.78, 5) is 13.7. The quantitative estimate of drug-likeness (QED) is 0.781. The second-order valence-corrected chi connectivity index (χ2v) is 7.25. The molecule has 114 valence electrons. The highest BCUT2D eigenvalue weighted by Gasteiger charge is 2.25. The molecule has 0 unspecified atom stereocenters. The van der Waals surface area contributed by atoms with Crippen LogP contribution in [0.4, 0.5) is 0 Å². The second kappa shape index (κ2) is 6.37. The van der Waals surface area contributed by atoms with E-state index in [1.54, 1.807) is 6.92 Å². The third-order valence-corrected chi connectivity index (χ3v) is 4.97. The molecule has 0 aliphatic carbocycles. The van der Waals surface area contributed by atoms with E-state index in [9.17, 15) is 13.2 Å². The van der Waals surface area contributed by atoms with Crippen molar-refractivity contribution in [2.24, 2.45) is 0 Å². The van der Waals surface area contributed by atoms with Gasteiger partial charge >= 0.3 is 5.97 Å². The first-order chi connectivity index (χ1) is 9.94. The predicted molar refractivity (Wildman–Crippen MR) is 77.6 cm³/mol. The molecule has 0 saturated carbocycles. The molecule has 21 heavy (non-hydrogen) atoms. The van der Waals surface area contributed by atoms with Gasteiger partial charge in [0.25, 0.3) is 10.0 Å². The minimum Gasteiger partial charge on any atom is -0.462 e. The Bertz CT molecular complexity index is 733. The molecule has 2 heterocycles. The SMILES string of the molecule is CCOC(=O)c1cn[nH]c1S(=O)(=O)NCc1ccc(C)s1. The number of sulfonamides is 1. The van der Waals surface area contributed by atoms with Gasteiger partial charge in [-0.1, -0.05) is 0 Å². The van der Waals surface area contributed by atoms with Crippen LogP contribution < -0.4 is 4.72 Å². The summed E-state index contributed by atoms with van der Waals surface area (Å²) in [6.45, 7) is 3.90. The summed E-state index contributed by atoms with van der Waals surface area (Å²) >= 11 is 1.50. The van der Waals surface area contributed by atoms with Crippen molar-refractivity contribution in [2.75, 3.05) is 6.61 Å². The fourth-order valence-corrected chi connectivity index (χ4v) is 3.66. The van der Waals surface area contributed by atoms with Crippen LogP contribution in [0, 0.1) is 6.92 Å². The van der Waals surface area contributed by atoms with Crippen LogP contribution in [-0.4, -0.2) is 31.2 Å². The number of esters is 1. The first-order valence-corrected chi connectivity index (χ1v) is 8.49. The van der Waals surface area contributed by atoms with E-state index >= 15 is 0 Å². The maximum absolute atomic E-state index is 12.2. The van der Waals surface area contributed by atoms with Gasteiger partial charge < -0.3 is 4.74 Å². The number of thiophene rings is 1. The maximum atomic E-state index is 12.2. The molecule has 7 nitrogen and oxygen atoms in total. The van der Waals surface area contributed by atoms with E-state index in [0.29, 0.717) is 0 Å². The number of hydrogen-bond acceptors (Lipinski definition) is 6. The summed E-state index contributed by atoms with van der Waals surface area (Å²) in [5, 5.41) is 5.65. The summed E-state index contributed by atoms with van der Waals surface area (Å²) in [7, 11) is -3.86. The fraction of sp³-hybridized carbons (Fsp3) is 0.333. The Morgan fingerprint density at radius 1 is 1.48 bits per heavy atom. The van der Waals surface area contributed by atoms with Gasteiger partial charge in [0.1, 0.15) is 5.56 Å². The van der Waals surface area contributed by atoms with E-state index in [2.05, 4.69) is 14.9 Å². The molecular formula is C12H15N3O4S2. The van der Waals surface area contributed by atoms with Crippen molar-refractivity contribution in [3.8, 4) is 0 Å². The van der Waals surface area contributed by atoms with Crippen LogP contribution in [0.3, 0.4) is 0 Å². The number of carbonyl (C=O) groups excluding carboxylic acids is 1. The van der Waals surface area contributed by atoms with Gasteiger partial charge in [0, 0.05) is 16.3 Å². The van der Waals surface area contributed by atoms with E-state index in [1.165, 1.54) is 11.3 Å². The standard InChI is InChI=1S/C12H15N3O4S2/c1-3-19-12(16)10-7-13-15-11(10)21(17,18)14-6-9-5-4-8(2)20-9/h4-5,7,14H,3,6H2,1-2H3,(H,13,15). The summed E-state index contributed by atoms with van der Waals surface area (Å²) in [6, 6.07) is 3.76. The minimum absolute atomic E-state index is 0.105. The zero-order valence-electron chi connectivity index (χ0n) is 11.5. The van der Waals surface area contributed by atoms with Crippen LogP contribution in [0.2, 0.25) is 0 Å². The van der Waals surface area contributed by atoms with Gasteiger partial charge in [0.2, 0.25) is 0 Å². The number of aromatic nitrogens is 2. The highest BCUT2D eigenvalue weighted by Crippen LogP contribution is 2.17. The van der Waals surface area contributed by atoms with E-state index < -0.39 is 16.0 Å². The van der Waals surface area contributed by atoms with Crippen molar-refractivity contribution in [1.82, 2.24) is 14.9 Å². The lowest BCUT2D eigenvalue weighted by atomic mass is 10.4. The third-order valence-electron chi connectivity index (χ3n) is 2.60. The number of aromatic amines is 1. The normalized spacial score (nSPS) is 11.5. The number of ether oxygens (including phenoxy) is 1. The first kappa shape index (κ1) is 15.7. The van der Waals surface area contributed by atoms with Gasteiger partial charge in [-0.2, -0.15) is 5.10 Å². The Labute approximate surface area is 126 Å². The van der Waals surface area contributed by atoms with E-state index in [-0.39, 0.29) is 23.7 Å². The van der Waals surface area contributed by atoms with Crippen molar-refractivity contribution >= 4 is 27.3 Å². The summed E-state index contributed by atoms with van der Waals surface area (Å²) < 4.78 is 31.7. The van der Waals surface area contributed by atoms with Crippen molar-refractivity contribution in [3.05, 3.63) is 33.6 Å².